The van der Waals surface area contributed by atoms with E-state index in [0.29, 0.717) is 0 Å². The summed E-state index contributed by atoms with van der Waals surface area (Å²) < 4.78 is 0. The van der Waals surface area contributed by atoms with E-state index in [1.807, 2.05) is 24.3 Å². The molecular formula is C11H10N. The summed E-state index contributed by atoms with van der Waals surface area (Å²) in [7, 11) is 0. The summed E-state index contributed by atoms with van der Waals surface area (Å²) >= 11 is 0. The van der Waals surface area contributed by atoms with Crippen molar-refractivity contribution in [2.45, 2.75) is 13.3 Å². The number of fused-ring (bicyclic) bond motifs is 1. The average molecular weight is 156 g/mol. The first-order valence-electron chi connectivity index (χ1n) is 4.16. The maximum Gasteiger partial charge on any atom is 0.0897 e. The Morgan fingerprint density at radius 2 is 2.17 bits per heavy atom. The third-order valence-electron chi connectivity index (χ3n) is 2.05. The Labute approximate surface area is 72.1 Å². The van der Waals surface area contributed by atoms with Crippen molar-refractivity contribution in [1.29, 1.82) is 0 Å². The van der Waals surface area contributed by atoms with Gasteiger partial charge in [0.25, 0.3) is 0 Å². The summed E-state index contributed by atoms with van der Waals surface area (Å²) in [6.45, 7) is 2.15. The molecule has 0 amide bonds. The van der Waals surface area contributed by atoms with Crippen LogP contribution in [0, 0.1) is 6.20 Å². The number of aromatic nitrogens is 1. The largest absolute Gasteiger partial charge is 0.246 e. The molecule has 0 fully saturated rings. The van der Waals surface area contributed by atoms with Gasteiger partial charge in [-0.25, -0.2) is 4.98 Å². The molecule has 0 atom stereocenters. The zero-order chi connectivity index (χ0) is 8.39. The minimum Gasteiger partial charge on any atom is -0.246 e. The maximum atomic E-state index is 4.16. The number of rotatable bonds is 1. The van der Waals surface area contributed by atoms with Crippen molar-refractivity contribution in [2.75, 3.05) is 0 Å². The van der Waals surface area contributed by atoms with Crippen molar-refractivity contribution in [3.05, 3.63) is 42.1 Å². The lowest BCUT2D eigenvalue weighted by atomic mass is 10.1. The van der Waals surface area contributed by atoms with Gasteiger partial charge in [-0.05, 0) is 24.1 Å². The van der Waals surface area contributed by atoms with Gasteiger partial charge in [0.15, 0.2) is 0 Å². The normalized spacial score (nSPS) is 10.4. The minimum atomic E-state index is 1.04. The van der Waals surface area contributed by atoms with Crippen LogP contribution in [-0.2, 0) is 6.42 Å². The highest BCUT2D eigenvalue weighted by molar-refractivity contribution is 5.81. The molecule has 1 radical (unpaired) electrons. The quantitative estimate of drug-likeness (QED) is 0.618. The van der Waals surface area contributed by atoms with Gasteiger partial charge in [0.05, 0.1) is 11.7 Å². The Bertz CT molecular complexity index is 388. The average Bonchev–Trinajstić information content (AvgIpc) is 2.17. The van der Waals surface area contributed by atoms with Crippen molar-refractivity contribution in [2.24, 2.45) is 0 Å². The summed E-state index contributed by atoms with van der Waals surface area (Å²) in [6.07, 6.45) is 3.95. The van der Waals surface area contributed by atoms with Crippen molar-refractivity contribution in [1.82, 2.24) is 4.98 Å². The van der Waals surface area contributed by atoms with Crippen molar-refractivity contribution >= 4 is 10.9 Å². The van der Waals surface area contributed by atoms with Gasteiger partial charge in [-0.3, -0.25) is 0 Å². The smallest absolute Gasteiger partial charge is 0.0897 e. The Balaban J connectivity index is 2.79. The third-order valence-corrected chi connectivity index (χ3v) is 2.05. The van der Waals surface area contributed by atoms with Gasteiger partial charge >= 0.3 is 0 Å². The Hall–Kier alpha value is -1.37. The zero-order valence-corrected chi connectivity index (χ0v) is 7.04. The molecule has 1 nitrogen and oxygen atoms in total. The fourth-order valence-corrected chi connectivity index (χ4v) is 1.39. The monoisotopic (exact) mass is 156 g/mol. The molecule has 2 aromatic rings. The fourth-order valence-electron chi connectivity index (χ4n) is 1.39. The predicted molar refractivity (Wildman–Crippen MR) is 50.0 cm³/mol. The minimum absolute atomic E-state index is 1.04. The van der Waals surface area contributed by atoms with E-state index in [4.69, 9.17) is 0 Å². The molecule has 0 aliphatic rings. The van der Waals surface area contributed by atoms with E-state index < -0.39 is 0 Å². The standard InChI is InChI=1S/C11H10N/c1-2-9-7-8-12-11-6-4-3-5-10(9)11/h3-7H,2H2,1H3. The second kappa shape index (κ2) is 2.94. The lowest BCUT2D eigenvalue weighted by Gasteiger charge is -2.00. The van der Waals surface area contributed by atoms with Gasteiger partial charge in [-0.15, -0.1) is 0 Å². The Kier molecular flexibility index (Phi) is 1.78. The van der Waals surface area contributed by atoms with E-state index in [0.717, 1.165) is 11.9 Å². The Morgan fingerprint density at radius 3 is 3.00 bits per heavy atom. The van der Waals surface area contributed by atoms with E-state index in [-0.39, 0.29) is 0 Å². The van der Waals surface area contributed by atoms with Crippen LogP contribution in [0.4, 0.5) is 0 Å². The van der Waals surface area contributed by atoms with E-state index in [9.17, 15) is 0 Å². The SMILES string of the molecule is CCc1c[c]nc2ccccc12. The summed E-state index contributed by atoms with van der Waals surface area (Å²) in [5.74, 6) is 0. The highest BCUT2D eigenvalue weighted by Gasteiger charge is 1.97. The molecule has 1 aromatic carbocycles. The molecule has 0 aliphatic heterocycles. The number of hydrogen-bond acceptors (Lipinski definition) is 1. The predicted octanol–water partition coefficient (Wildman–Crippen LogP) is 2.60. The van der Waals surface area contributed by atoms with Crippen molar-refractivity contribution in [3.8, 4) is 0 Å². The molecule has 0 aliphatic carbocycles. The maximum absolute atomic E-state index is 4.16. The van der Waals surface area contributed by atoms with Gasteiger partial charge in [0.2, 0.25) is 0 Å². The number of hydrogen-bond donors (Lipinski definition) is 0. The lowest BCUT2D eigenvalue weighted by Crippen LogP contribution is -1.85. The number of pyridine rings is 1. The molecule has 2 rings (SSSR count). The number of para-hydroxylation sites is 1. The van der Waals surface area contributed by atoms with E-state index >= 15 is 0 Å². The summed E-state index contributed by atoms with van der Waals surface area (Å²) in [4.78, 5) is 4.16. The van der Waals surface area contributed by atoms with Gasteiger partial charge in [-0.2, -0.15) is 0 Å². The first-order chi connectivity index (χ1) is 5.92. The van der Waals surface area contributed by atoms with Crippen LogP contribution in [0.1, 0.15) is 12.5 Å². The molecule has 1 heteroatoms. The van der Waals surface area contributed by atoms with Crippen LogP contribution in [0.25, 0.3) is 10.9 Å². The second-order valence-electron chi connectivity index (χ2n) is 2.78. The first-order valence-corrected chi connectivity index (χ1v) is 4.16. The van der Waals surface area contributed by atoms with Gasteiger partial charge < -0.3 is 0 Å². The van der Waals surface area contributed by atoms with Crippen LogP contribution in [0.2, 0.25) is 0 Å². The van der Waals surface area contributed by atoms with Gasteiger partial charge in [0.1, 0.15) is 0 Å². The molecule has 0 saturated carbocycles. The van der Waals surface area contributed by atoms with Crippen LogP contribution in [0.5, 0.6) is 0 Å². The second-order valence-corrected chi connectivity index (χ2v) is 2.78. The third kappa shape index (κ3) is 1.07. The molecule has 0 N–H and O–H groups in total. The molecular weight excluding hydrogens is 146 g/mol. The van der Waals surface area contributed by atoms with Crippen molar-refractivity contribution < 1.29 is 0 Å². The summed E-state index contributed by atoms with van der Waals surface area (Å²) in [5.41, 5.74) is 2.36. The molecule has 59 valence electrons. The number of aryl methyl sites for hydroxylation is 1. The molecule has 12 heavy (non-hydrogen) atoms. The van der Waals surface area contributed by atoms with Gasteiger partial charge in [-0.1, -0.05) is 25.1 Å². The van der Waals surface area contributed by atoms with Crippen molar-refractivity contribution in [3.63, 3.8) is 0 Å². The zero-order valence-electron chi connectivity index (χ0n) is 7.04. The lowest BCUT2D eigenvalue weighted by molar-refractivity contribution is 1.15. The summed E-state index contributed by atoms with van der Waals surface area (Å²) in [6, 6.07) is 10.1. The molecule has 1 heterocycles. The first kappa shape index (κ1) is 7.29. The van der Waals surface area contributed by atoms with Crippen LogP contribution in [-0.4, -0.2) is 4.98 Å². The molecule has 0 saturated heterocycles. The summed E-state index contributed by atoms with van der Waals surface area (Å²) in [5, 5.41) is 1.25. The van der Waals surface area contributed by atoms with Crippen LogP contribution in [0.15, 0.2) is 30.3 Å². The topological polar surface area (TPSA) is 12.9 Å². The highest BCUT2D eigenvalue weighted by atomic mass is 14.6. The molecule has 0 spiro atoms. The molecule has 1 aromatic heterocycles. The van der Waals surface area contributed by atoms with Crippen LogP contribution in [0.3, 0.4) is 0 Å². The fraction of sp³-hybridized carbons (Fsp3) is 0.182. The number of benzene rings is 1. The number of nitrogens with zero attached hydrogens (tertiary/aromatic N) is 1. The van der Waals surface area contributed by atoms with Crippen LogP contribution >= 0.6 is 0 Å². The molecule has 0 bridgehead atoms. The Morgan fingerprint density at radius 1 is 1.33 bits per heavy atom. The van der Waals surface area contributed by atoms with E-state index in [1.165, 1.54) is 10.9 Å². The van der Waals surface area contributed by atoms with E-state index in [1.54, 1.807) is 0 Å². The van der Waals surface area contributed by atoms with Gasteiger partial charge in [0, 0.05) is 5.39 Å². The van der Waals surface area contributed by atoms with E-state index in [2.05, 4.69) is 24.2 Å². The molecule has 0 unspecified atom stereocenters. The highest BCUT2D eigenvalue weighted by Crippen LogP contribution is 2.15. The van der Waals surface area contributed by atoms with Crippen LogP contribution < -0.4 is 0 Å².